The van der Waals surface area contributed by atoms with Gasteiger partial charge in [-0.3, -0.25) is 0 Å². The summed E-state index contributed by atoms with van der Waals surface area (Å²) >= 11 is 4.96. The van der Waals surface area contributed by atoms with E-state index in [2.05, 4.69) is 31.3 Å². The van der Waals surface area contributed by atoms with Crippen LogP contribution in [0.2, 0.25) is 0 Å². The molecule has 2 nitrogen and oxygen atoms in total. The SMILES string of the molecule is CC1CCCC(Nc2ccc(C(N)=S)cc2)C1C. The van der Waals surface area contributed by atoms with Crippen LogP contribution >= 0.6 is 12.2 Å². The van der Waals surface area contributed by atoms with Crippen molar-refractivity contribution in [3.8, 4) is 0 Å². The summed E-state index contributed by atoms with van der Waals surface area (Å²) in [5.41, 5.74) is 7.70. The molecule has 1 aromatic rings. The van der Waals surface area contributed by atoms with Crippen molar-refractivity contribution in [3.63, 3.8) is 0 Å². The lowest BCUT2D eigenvalue weighted by molar-refractivity contribution is 0.253. The first kappa shape index (κ1) is 13.3. The van der Waals surface area contributed by atoms with Gasteiger partial charge in [0.25, 0.3) is 0 Å². The Morgan fingerprint density at radius 3 is 2.50 bits per heavy atom. The highest BCUT2D eigenvalue weighted by atomic mass is 32.1. The summed E-state index contributed by atoms with van der Waals surface area (Å²) in [5.74, 6) is 1.54. The Morgan fingerprint density at radius 2 is 1.89 bits per heavy atom. The molecule has 0 spiro atoms. The molecule has 18 heavy (non-hydrogen) atoms. The van der Waals surface area contributed by atoms with Crippen LogP contribution in [0.25, 0.3) is 0 Å². The van der Waals surface area contributed by atoms with E-state index in [9.17, 15) is 0 Å². The molecule has 0 bridgehead atoms. The molecule has 2 rings (SSSR count). The van der Waals surface area contributed by atoms with Crippen LogP contribution in [0, 0.1) is 11.8 Å². The van der Waals surface area contributed by atoms with Crippen LogP contribution in [-0.4, -0.2) is 11.0 Å². The third-order valence-electron chi connectivity index (χ3n) is 4.23. The molecule has 0 amide bonds. The zero-order valence-corrected chi connectivity index (χ0v) is 12.0. The maximum Gasteiger partial charge on any atom is 0.103 e. The van der Waals surface area contributed by atoms with Crippen LogP contribution in [0.15, 0.2) is 24.3 Å². The van der Waals surface area contributed by atoms with E-state index in [0.29, 0.717) is 11.0 Å². The Bertz CT molecular complexity index is 413. The first-order chi connectivity index (χ1) is 8.58. The molecule has 3 N–H and O–H groups in total. The molecule has 0 aliphatic heterocycles. The van der Waals surface area contributed by atoms with Gasteiger partial charge in [0.1, 0.15) is 4.99 Å². The average molecular weight is 262 g/mol. The highest BCUT2D eigenvalue weighted by molar-refractivity contribution is 7.80. The Labute approximate surface area is 115 Å². The van der Waals surface area contributed by atoms with E-state index in [1.54, 1.807) is 0 Å². The molecule has 1 fully saturated rings. The fourth-order valence-electron chi connectivity index (χ4n) is 2.73. The Balaban J connectivity index is 2.02. The van der Waals surface area contributed by atoms with Gasteiger partial charge in [0.05, 0.1) is 0 Å². The second-order valence-electron chi connectivity index (χ2n) is 5.46. The van der Waals surface area contributed by atoms with Crippen LogP contribution in [0.1, 0.15) is 38.7 Å². The van der Waals surface area contributed by atoms with Gasteiger partial charge in [-0.2, -0.15) is 0 Å². The fourth-order valence-corrected chi connectivity index (χ4v) is 2.87. The van der Waals surface area contributed by atoms with E-state index in [-0.39, 0.29) is 0 Å². The molecule has 0 saturated heterocycles. The summed E-state index contributed by atoms with van der Waals surface area (Å²) in [6.45, 7) is 4.71. The zero-order valence-electron chi connectivity index (χ0n) is 11.1. The summed E-state index contributed by atoms with van der Waals surface area (Å²) in [6.07, 6.45) is 3.95. The Kier molecular flexibility index (Phi) is 4.23. The summed E-state index contributed by atoms with van der Waals surface area (Å²) in [6, 6.07) is 8.70. The lowest BCUT2D eigenvalue weighted by Gasteiger charge is -2.35. The van der Waals surface area contributed by atoms with E-state index in [1.165, 1.54) is 24.9 Å². The molecule has 1 aromatic carbocycles. The lowest BCUT2D eigenvalue weighted by Crippen LogP contribution is -2.34. The summed E-state index contributed by atoms with van der Waals surface area (Å²) in [5, 5.41) is 3.64. The van der Waals surface area contributed by atoms with E-state index < -0.39 is 0 Å². The standard InChI is InChI=1S/C15H22N2S/c1-10-4-3-5-14(11(10)2)17-13-8-6-12(7-9-13)15(16)18/h6-11,14,17H,3-5H2,1-2H3,(H2,16,18). The predicted molar refractivity (Wildman–Crippen MR) is 81.9 cm³/mol. The van der Waals surface area contributed by atoms with Gasteiger partial charge >= 0.3 is 0 Å². The molecular weight excluding hydrogens is 240 g/mol. The average Bonchev–Trinajstić information content (AvgIpc) is 2.36. The highest BCUT2D eigenvalue weighted by Gasteiger charge is 2.26. The molecule has 0 radical (unpaired) electrons. The van der Waals surface area contributed by atoms with Gasteiger partial charge in [0.15, 0.2) is 0 Å². The van der Waals surface area contributed by atoms with Crippen molar-refractivity contribution in [3.05, 3.63) is 29.8 Å². The molecule has 0 heterocycles. The largest absolute Gasteiger partial charge is 0.389 e. The lowest BCUT2D eigenvalue weighted by atomic mass is 9.78. The molecule has 98 valence electrons. The van der Waals surface area contributed by atoms with Crippen molar-refractivity contribution in [1.82, 2.24) is 0 Å². The molecule has 1 saturated carbocycles. The van der Waals surface area contributed by atoms with Gasteiger partial charge in [0, 0.05) is 17.3 Å². The maximum atomic E-state index is 5.60. The maximum absolute atomic E-state index is 5.60. The molecule has 0 aromatic heterocycles. The fraction of sp³-hybridized carbons (Fsp3) is 0.533. The van der Waals surface area contributed by atoms with Crippen LogP contribution < -0.4 is 11.1 Å². The Morgan fingerprint density at radius 1 is 1.22 bits per heavy atom. The number of hydrogen-bond donors (Lipinski definition) is 2. The van der Waals surface area contributed by atoms with Crippen molar-refractivity contribution >= 4 is 22.9 Å². The van der Waals surface area contributed by atoms with E-state index in [0.717, 1.165) is 17.4 Å². The van der Waals surface area contributed by atoms with E-state index >= 15 is 0 Å². The molecule has 1 aliphatic carbocycles. The Hall–Kier alpha value is -1.09. The smallest absolute Gasteiger partial charge is 0.103 e. The van der Waals surface area contributed by atoms with Gasteiger partial charge in [-0.05, 0) is 42.5 Å². The van der Waals surface area contributed by atoms with Crippen LogP contribution in [-0.2, 0) is 0 Å². The van der Waals surface area contributed by atoms with Gasteiger partial charge < -0.3 is 11.1 Å². The quantitative estimate of drug-likeness (QED) is 0.818. The molecule has 3 unspecified atom stereocenters. The summed E-state index contributed by atoms with van der Waals surface area (Å²) < 4.78 is 0. The number of nitrogens with one attached hydrogen (secondary N) is 1. The number of rotatable bonds is 3. The minimum Gasteiger partial charge on any atom is -0.389 e. The second kappa shape index (κ2) is 5.70. The van der Waals surface area contributed by atoms with Crippen LogP contribution in [0.4, 0.5) is 5.69 Å². The van der Waals surface area contributed by atoms with Gasteiger partial charge in [-0.25, -0.2) is 0 Å². The number of anilines is 1. The number of thiocarbonyl (C=S) groups is 1. The minimum atomic E-state index is 0.459. The van der Waals surface area contributed by atoms with E-state index in [4.69, 9.17) is 18.0 Å². The van der Waals surface area contributed by atoms with Crippen molar-refractivity contribution in [1.29, 1.82) is 0 Å². The van der Waals surface area contributed by atoms with Crippen LogP contribution in [0.3, 0.4) is 0 Å². The monoisotopic (exact) mass is 262 g/mol. The van der Waals surface area contributed by atoms with Crippen LogP contribution in [0.5, 0.6) is 0 Å². The normalized spacial score (nSPS) is 27.8. The van der Waals surface area contributed by atoms with Crippen molar-refractivity contribution in [2.75, 3.05) is 5.32 Å². The van der Waals surface area contributed by atoms with Crippen molar-refractivity contribution in [2.24, 2.45) is 17.6 Å². The summed E-state index contributed by atoms with van der Waals surface area (Å²) in [4.78, 5) is 0.459. The third kappa shape index (κ3) is 3.02. The third-order valence-corrected chi connectivity index (χ3v) is 4.46. The highest BCUT2D eigenvalue weighted by Crippen LogP contribution is 2.31. The first-order valence-corrected chi connectivity index (χ1v) is 7.15. The minimum absolute atomic E-state index is 0.459. The number of hydrogen-bond acceptors (Lipinski definition) is 2. The van der Waals surface area contributed by atoms with Crippen molar-refractivity contribution < 1.29 is 0 Å². The summed E-state index contributed by atoms with van der Waals surface area (Å²) in [7, 11) is 0. The predicted octanol–water partition coefficient (Wildman–Crippen LogP) is 3.56. The zero-order chi connectivity index (χ0) is 13.1. The van der Waals surface area contributed by atoms with Gasteiger partial charge in [-0.1, -0.05) is 38.9 Å². The number of benzene rings is 1. The number of nitrogens with two attached hydrogens (primary N) is 1. The van der Waals surface area contributed by atoms with E-state index in [1.807, 2.05) is 12.1 Å². The first-order valence-electron chi connectivity index (χ1n) is 6.74. The molecule has 3 heteroatoms. The second-order valence-corrected chi connectivity index (χ2v) is 5.90. The topological polar surface area (TPSA) is 38.0 Å². The molecule has 3 atom stereocenters. The van der Waals surface area contributed by atoms with Gasteiger partial charge in [0.2, 0.25) is 0 Å². The van der Waals surface area contributed by atoms with Gasteiger partial charge in [-0.15, -0.1) is 0 Å². The van der Waals surface area contributed by atoms with Crippen molar-refractivity contribution in [2.45, 2.75) is 39.2 Å². The molecular formula is C15H22N2S. The molecule has 1 aliphatic rings.